The molecule has 3 aromatic rings. The molecule has 0 bridgehead atoms. The Morgan fingerprint density at radius 3 is 2.63 bits per heavy atom. The fourth-order valence-corrected chi connectivity index (χ4v) is 5.73. The first-order valence-corrected chi connectivity index (χ1v) is 14.1. The van der Waals surface area contributed by atoms with Crippen LogP contribution in [-0.2, 0) is 11.0 Å². The first-order chi connectivity index (χ1) is 18.1. The van der Waals surface area contributed by atoms with Crippen LogP contribution in [0.4, 0.5) is 13.2 Å². The number of phenolic OH excluding ortho intramolecular Hbond substituents is 1. The number of fused-ring (bicyclic) bond motifs is 1. The second-order valence-corrected chi connectivity index (χ2v) is 11.2. The van der Waals surface area contributed by atoms with E-state index in [1.807, 2.05) is 0 Å². The quantitative estimate of drug-likeness (QED) is 0.228. The molecule has 0 radical (unpaired) electrons. The summed E-state index contributed by atoms with van der Waals surface area (Å²) in [5, 5.41) is 10.9. The molecule has 204 valence electrons. The third kappa shape index (κ3) is 7.12. The molecule has 1 saturated carbocycles. The number of pyridine rings is 1. The summed E-state index contributed by atoms with van der Waals surface area (Å²) in [6.07, 6.45) is 0.0371. The molecule has 0 saturated heterocycles. The second-order valence-electron chi connectivity index (χ2n) is 9.75. The maximum Gasteiger partial charge on any atom is 0.416 e. The van der Waals surface area contributed by atoms with Gasteiger partial charge in [0.2, 0.25) is 0 Å². The number of phenols is 1. The van der Waals surface area contributed by atoms with Crippen LogP contribution >= 0.6 is 23.4 Å². The summed E-state index contributed by atoms with van der Waals surface area (Å²) < 4.78 is 40.6. The number of carbonyl (C=O) groups is 1. The highest BCUT2D eigenvalue weighted by Gasteiger charge is 2.31. The Balaban J connectivity index is 1.60. The lowest BCUT2D eigenvalue weighted by Gasteiger charge is -2.21. The zero-order chi connectivity index (χ0) is 27.4. The van der Waals surface area contributed by atoms with Gasteiger partial charge in [0.05, 0.1) is 16.2 Å². The Morgan fingerprint density at radius 2 is 1.95 bits per heavy atom. The van der Waals surface area contributed by atoms with E-state index >= 15 is 0 Å². The summed E-state index contributed by atoms with van der Waals surface area (Å²) in [5.74, 6) is 0.464. The number of nitrogens with zero attached hydrogens (tertiary/aromatic N) is 1. The number of aromatic hydroxyl groups is 1. The summed E-state index contributed by atoms with van der Waals surface area (Å²) in [5.41, 5.74) is -1.03. The van der Waals surface area contributed by atoms with Crippen molar-refractivity contribution in [3.05, 3.63) is 57.3 Å². The SMILES string of the molecule is CCCN(CCCC(=O)CSc1c(-c2cc(Cl)ccc2O)c2cc(C(F)(F)F)ccc2[nH]c1=O)CC1CC1. The van der Waals surface area contributed by atoms with Gasteiger partial charge in [0.1, 0.15) is 11.5 Å². The van der Waals surface area contributed by atoms with E-state index < -0.39 is 17.3 Å². The number of thioether (sulfide) groups is 1. The van der Waals surface area contributed by atoms with Crippen molar-refractivity contribution in [1.82, 2.24) is 9.88 Å². The molecule has 10 heteroatoms. The van der Waals surface area contributed by atoms with Gasteiger partial charge in [-0.15, -0.1) is 11.8 Å². The number of nitrogens with one attached hydrogen (secondary N) is 1. The second kappa shape index (κ2) is 12.1. The van der Waals surface area contributed by atoms with Crippen molar-refractivity contribution in [1.29, 1.82) is 0 Å². The van der Waals surface area contributed by atoms with Crippen LogP contribution in [-0.4, -0.2) is 46.2 Å². The molecule has 1 aromatic heterocycles. The Morgan fingerprint density at radius 1 is 1.18 bits per heavy atom. The van der Waals surface area contributed by atoms with Gasteiger partial charge in [-0.2, -0.15) is 13.2 Å². The summed E-state index contributed by atoms with van der Waals surface area (Å²) in [6, 6.07) is 7.18. The van der Waals surface area contributed by atoms with E-state index in [0.29, 0.717) is 12.8 Å². The van der Waals surface area contributed by atoms with E-state index in [9.17, 15) is 27.9 Å². The van der Waals surface area contributed by atoms with Crippen LogP contribution in [0, 0.1) is 5.92 Å². The van der Waals surface area contributed by atoms with E-state index in [0.717, 1.165) is 55.9 Å². The van der Waals surface area contributed by atoms with E-state index in [1.165, 1.54) is 37.1 Å². The van der Waals surface area contributed by atoms with Crippen LogP contribution < -0.4 is 5.56 Å². The van der Waals surface area contributed by atoms with Crippen molar-refractivity contribution in [2.24, 2.45) is 5.92 Å². The van der Waals surface area contributed by atoms with E-state index in [1.54, 1.807) is 0 Å². The van der Waals surface area contributed by atoms with Crippen molar-refractivity contribution < 1.29 is 23.1 Å². The van der Waals surface area contributed by atoms with Crippen LogP contribution in [0.25, 0.3) is 22.0 Å². The van der Waals surface area contributed by atoms with Crippen LogP contribution in [0.3, 0.4) is 0 Å². The van der Waals surface area contributed by atoms with Gasteiger partial charge in [-0.1, -0.05) is 18.5 Å². The minimum atomic E-state index is -4.60. The number of aromatic nitrogens is 1. The number of alkyl halides is 3. The molecule has 5 nitrogen and oxygen atoms in total. The van der Waals surface area contributed by atoms with Crippen molar-refractivity contribution in [2.75, 3.05) is 25.4 Å². The smallest absolute Gasteiger partial charge is 0.416 e. The van der Waals surface area contributed by atoms with Gasteiger partial charge in [-0.3, -0.25) is 9.59 Å². The molecule has 4 rings (SSSR count). The molecule has 2 aromatic carbocycles. The lowest BCUT2D eigenvalue weighted by atomic mass is 9.98. The number of ketones is 1. The van der Waals surface area contributed by atoms with Crippen LogP contribution in [0.5, 0.6) is 5.75 Å². The Labute approximate surface area is 228 Å². The molecule has 1 fully saturated rings. The monoisotopic (exact) mass is 566 g/mol. The molecule has 0 atom stereocenters. The zero-order valence-electron chi connectivity index (χ0n) is 21.0. The van der Waals surface area contributed by atoms with Gasteiger partial charge in [0.15, 0.2) is 0 Å². The number of carbonyl (C=O) groups excluding carboxylic acids is 1. The number of aromatic amines is 1. The third-order valence-electron chi connectivity index (χ3n) is 6.59. The minimum Gasteiger partial charge on any atom is -0.507 e. The summed E-state index contributed by atoms with van der Waals surface area (Å²) in [7, 11) is 0. The van der Waals surface area contributed by atoms with E-state index in [4.69, 9.17) is 11.6 Å². The average molecular weight is 567 g/mol. The third-order valence-corrected chi connectivity index (χ3v) is 7.97. The largest absolute Gasteiger partial charge is 0.507 e. The van der Waals surface area contributed by atoms with Gasteiger partial charge in [-0.05, 0) is 81.1 Å². The Bertz CT molecular complexity index is 1370. The van der Waals surface area contributed by atoms with Crippen molar-refractivity contribution >= 4 is 40.0 Å². The molecular weight excluding hydrogens is 537 g/mol. The van der Waals surface area contributed by atoms with Crippen molar-refractivity contribution in [3.63, 3.8) is 0 Å². The molecule has 0 spiro atoms. The van der Waals surface area contributed by atoms with Crippen LogP contribution in [0.1, 0.15) is 44.6 Å². The average Bonchev–Trinajstić information content (AvgIpc) is 3.67. The highest BCUT2D eigenvalue weighted by atomic mass is 35.5. The van der Waals surface area contributed by atoms with Gasteiger partial charge in [0, 0.05) is 40.0 Å². The number of halogens is 4. The highest BCUT2D eigenvalue weighted by Crippen LogP contribution is 2.42. The molecule has 0 aliphatic heterocycles. The zero-order valence-corrected chi connectivity index (χ0v) is 22.6. The summed E-state index contributed by atoms with van der Waals surface area (Å²) in [6.45, 7) is 5.03. The van der Waals surface area contributed by atoms with Crippen LogP contribution in [0.15, 0.2) is 46.1 Å². The normalized spacial score (nSPS) is 13.9. The molecule has 1 aliphatic carbocycles. The molecule has 38 heavy (non-hydrogen) atoms. The van der Waals surface area contributed by atoms with Crippen molar-refractivity contribution in [2.45, 2.75) is 50.1 Å². The van der Waals surface area contributed by atoms with Gasteiger partial charge in [-0.25, -0.2) is 0 Å². The number of H-pyrrole nitrogens is 1. The highest BCUT2D eigenvalue weighted by molar-refractivity contribution is 8.00. The predicted molar refractivity (Wildman–Crippen MR) is 146 cm³/mol. The van der Waals surface area contributed by atoms with E-state index in [2.05, 4.69) is 16.8 Å². The maximum absolute atomic E-state index is 13.5. The van der Waals surface area contributed by atoms with Gasteiger partial charge in [0.25, 0.3) is 5.56 Å². The van der Waals surface area contributed by atoms with Gasteiger partial charge >= 0.3 is 6.18 Å². The number of benzene rings is 2. The molecule has 0 unspecified atom stereocenters. The molecule has 1 aliphatic rings. The lowest BCUT2D eigenvalue weighted by molar-refractivity contribution is -0.137. The Hall–Kier alpha value is -2.49. The fraction of sp³-hybridized carbons (Fsp3) is 0.429. The number of hydrogen-bond donors (Lipinski definition) is 2. The minimum absolute atomic E-state index is 0.0156. The predicted octanol–water partition coefficient (Wildman–Crippen LogP) is 7.14. The first kappa shape index (κ1) is 28.5. The lowest BCUT2D eigenvalue weighted by Crippen LogP contribution is -2.28. The number of Topliss-reactive ketones (excluding diaryl/α,β-unsaturated/α-hetero) is 1. The molecule has 0 amide bonds. The number of rotatable bonds is 12. The first-order valence-electron chi connectivity index (χ1n) is 12.7. The Kier molecular flexibility index (Phi) is 9.11. The van der Waals surface area contributed by atoms with Gasteiger partial charge < -0.3 is 15.0 Å². The summed E-state index contributed by atoms with van der Waals surface area (Å²) >= 11 is 7.11. The van der Waals surface area contributed by atoms with Crippen LogP contribution in [0.2, 0.25) is 5.02 Å². The summed E-state index contributed by atoms with van der Waals surface area (Å²) in [4.78, 5) is 30.9. The van der Waals surface area contributed by atoms with E-state index in [-0.39, 0.29) is 49.2 Å². The standard InChI is InChI=1S/C28H30ClF3N2O3S/c1-2-11-34(15-17-5-6-17)12-3-4-20(35)16-38-26-25(22-14-19(29)8-10-24(22)36)21-13-18(28(30,31)32)7-9-23(21)33-27(26)37/h7-10,13-14,17,36H,2-6,11-12,15-16H2,1H3,(H,33,37). The topological polar surface area (TPSA) is 73.4 Å². The van der Waals surface area contributed by atoms with Crippen molar-refractivity contribution in [3.8, 4) is 16.9 Å². The molecule has 2 N–H and O–H groups in total. The molecule has 1 heterocycles. The molecular formula is C28H30ClF3N2O3S. The number of hydrogen-bond acceptors (Lipinski definition) is 5. The maximum atomic E-state index is 13.5. The fourth-order valence-electron chi connectivity index (χ4n) is 4.57.